The van der Waals surface area contributed by atoms with Crippen LogP contribution in [0, 0.1) is 5.92 Å². The lowest BCUT2D eigenvalue weighted by Gasteiger charge is -2.32. The van der Waals surface area contributed by atoms with E-state index < -0.39 is 0 Å². The minimum atomic E-state index is -0.262. The maximum atomic E-state index is 6.00. The minimum Gasteiger partial charge on any atom is -0.497 e. The number of rotatable bonds is 2. The molecule has 4 heteroatoms. The second-order valence-corrected chi connectivity index (χ2v) is 5.10. The van der Waals surface area contributed by atoms with Gasteiger partial charge in [0.25, 0.3) is 0 Å². The topological polar surface area (TPSA) is 53.7 Å². The standard InChI is InChI=1S/C14H19NO3/c1-16-12-4-2-9(3-5-12)14-17-8-10-6-11(15)7-13(10)18-14/h2-5,10-11,13-14H,6-8,15H2,1H3/t10?,11?,13-,14?/m0/s1. The summed E-state index contributed by atoms with van der Waals surface area (Å²) >= 11 is 0. The normalized spacial score (nSPS) is 35.2. The molecule has 0 amide bonds. The van der Waals surface area contributed by atoms with Crippen molar-refractivity contribution in [2.75, 3.05) is 13.7 Å². The van der Waals surface area contributed by atoms with Gasteiger partial charge in [-0.25, -0.2) is 0 Å². The summed E-state index contributed by atoms with van der Waals surface area (Å²) in [5.74, 6) is 1.31. The first-order valence-corrected chi connectivity index (χ1v) is 6.43. The summed E-state index contributed by atoms with van der Waals surface area (Å²) in [5, 5.41) is 0. The number of hydrogen-bond acceptors (Lipinski definition) is 4. The molecule has 1 aromatic rings. The number of fused-ring (bicyclic) bond motifs is 1. The van der Waals surface area contributed by atoms with E-state index in [1.54, 1.807) is 7.11 Å². The van der Waals surface area contributed by atoms with E-state index >= 15 is 0 Å². The third-order valence-electron chi connectivity index (χ3n) is 3.81. The van der Waals surface area contributed by atoms with E-state index in [0.717, 1.165) is 30.8 Å². The zero-order valence-electron chi connectivity index (χ0n) is 10.5. The van der Waals surface area contributed by atoms with Crippen LogP contribution in [0.15, 0.2) is 24.3 Å². The van der Waals surface area contributed by atoms with Crippen LogP contribution in [0.2, 0.25) is 0 Å². The fraction of sp³-hybridized carbons (Fsp3) is 0.571. The van der Waals surface area contributed by atoms with Crippen LogP contribution in [0.1, 0.15) is 24.7 Å². The molecule has 0 radical (unpaired) electrons. The molecule has 0 aromatic heterocycles. The van der Waals surface area contributed by atoms with Crippen LogP contribution >= 0.6 is 0 Å². The van der Waals surface area contributed by atoms with E-state index in [0.29, 0.717) is 5.92 Å². The van der Waals surface area contributed by atoms with Crippen molar-refractivity contribution in [3.8, 4) is 5.75 Å². The molecule has 98 valence electrons. The Hall–Kier alpha value is -1.10. The van der Waals surface area contributed by atoms with E-state index in [1.165, 1.54) is 0 Å². The molecule has 4 atom stereocenters. The highest BCUT2D eigenvalue weighted by molar-refractivity contribution is 5.28. The van der Waals surface area contributed by atoms with Gasteiger partial charge < -0.3 is 19.9 Å². The molecule has 1 saturated carbocycles. The number of hydrogen-bond donors (Lipinski definition) is 1. The summed E-state index contributed by atoms with van der Waals surface area (Å²) in [7, 11) is 1.66. The Balaban J connectivity index is 1.70. The first-order valence-electron chi connectivity index (χ1n) is 6.43. The van der Waals surface area contributed by atoms with E-state index in [-0.39, 0.29) is 18.4 Å². The summed E-state index contributed by atoms with van der Waals surface area (Å²) in [6, 6.07) is 8.08. The Bertz CT molecular complexity index is 406. The Morgan fingerprint density at radius 2 is 2.00 bits per heavy atom. The predicted octanol–water partition coefficient (Wildman–Crippen LogP) is 1.85. The van der Waals surface area contributed by atoms with Gasteiger partial charge in [-0.1, -0.05) is 12.1 Å². The number of ether oxygens (including phenoxy) is 3. The average molecular weight is 249 g/mol. The molecule has 1 aliphatic carbocycles. The van der Waals surface area contributed by atoms with E-state index in [1.807, 2.05) is 24.3 Å². The first-order chi connectivity index (χ1) is 8.76. The number of benzene rings is 1. The Morgan fingerprint density at radius 1 is 1.22 bits per heavy atom. The molecule has 3 rings (SSSR count). The quantitative estimate of drug-likeness (QED) is 0.869. The van der Waals surface area contributed by atoms with Crippen molar-refractivity contribution in [1.29, 1.82) is 0 Å². The molecule has 1 saturated heterocycles. The minimum absolute atomic E-state index is 0.251. The number of methoxy groups -OCH3 is 1. The zero-order valence-corrected chi connectivity index (χ0v) is 10.5. The van der Waals surface area contributed by atoms with Crippen molar-refractivity contribution < 1.29 is 14.2 Å². The maximum Gasteiger partial charge on any atom is 0.184 e. The van der Waals surface area contributed by atoms with Crippen molar-refractivity contribution in [2.45, 2.75) is 31.3 Å². The summed E-state index contributed by atoms with van der Waals surface area (Å²) in [6.45, 7) is 0.745. The summed E-state index contributed by atoms with van der Waals surface area (Å²) < 4.78 is 16.9. The van der Waals surface area contributed by atoms with Crippen LogP contribution in [-0.4, -0.2) is 25.9 Å². The Labute approximate surface area is 107 Å². The SMILES string of the molecule is COc1ccc(C2OCC3CC(N)C[C@@H]3O2)cc1. The van der Waals surface area contributed by atoms with Crippen molar-refractivity contribution >= 4 is 0 Å². The van der Waals surface area contributed by atoms with Gasteiger partial charge in [0.2, 0.25) is 0 Å². The van der Waals surface area contributed by atoms with Gasteiger partial charge in [0.1, 0.15) is 5.75 Å². The van der Waals surface area contributed by atoms with Crippen molar-refractivity contribution in [2.24, 2.45) is 11.7 Å². The number of nitrogens with two attached hydrogens (primary N) is 1. The van der Waals surface area contributed by atoms with Crippen LogP contribution in [-0.2, 0) is 9.47 Å². The molecule has 2 fully saturated rings. The van der Waals surface area contributed by atoms with Gasteiger partial charge >= 0.3 is 0 Å². The lowest BCUT2D eigenvalue weighted by molar-refractivity contribution is -0.233. The van der Waals surface area contributed by atoms with Gasteiger partial charge in [0, 0.05) is 17.5 Å². The highest BCUT2D eigenvalue weighted by atomic mass is 16.7. The maximum absolute atomic E-state index is 6.00. The third kappa shape index (κ3) is 2.23. The molecular formula is C14H19NO3. The van der Waals surface area contributed by atoms with Crippen LogP contribution in [0.25, 0.3) is 0 Å². The van der Waals surface area contributed by atoms with Crippen molar-refractivity contribution in [3.05, 3.63) is 29.8 Å². The van der Waals surface area contributed by atoms with Gasteiger partial charge in [0.05, 0.1) is 19.8 Å². The second kappa shape index (κ2) is 4.88. The van der Waals surface area contributed by atoms with Gasteiger partial charge in [-0.3, -0.25) is 0 Å². The monoisotopic (exact) mass is 249 g/mol. The highest BCUT2D eigenvalue weighted by Crippen LogP contribution is 2.37. The average Bonchev–Trinajstić information content (AvgIpc) is 2.78. The summed E-state index contributed by atoms with van der Waals surface area (Å²) in [6.07, 6.45) is 1.95. The highest BCUT2D eigenvalue weighted by Gasteiger charge is 2.39. The van der Waals surface area contributed by atoms with Crippen molar-refractivity contribution in [3.63, 3.8) is 0 Å². The third-order valence-corrected chi connectivity index (χ3v) is 3.81. The second-order valence-electron chi connectivity index (χ2n) is 5.10. The van der Waals surface area contributed by atoms with Gasteiger partial charge in [-0.15, -0.1) is 0 Å². The van der Waals surface area contributed by atoms with Crippen LogP contribution in [0.5, 0.6) is 5.75 Å². The lowest BCUT2D eigenvalue weighted by Crippen LogP contribution is -2.32. The predicted molar refractivity (Wildman–Crippen MR) is 67.3 cm³/mol. The van der Waals surface area contributed by atoms with Crippen LogP contribution in [0.4, 0.5) is 0 Å². The zero-order chi connectivity index (χ0) is 12.5. The molecule has 0 bridgehead atoms. The van der Waals surface area contributed by atoms with Crippen LogP contribution < -0.4 is 10.5 Å². The smallest absolute Gasteiger partial charge is 0.184 e. The lowest BCUT2D eigenvalue weighted by atomic mass is 10.1. The molecule has 2 aliphatic rings. The van der Waals surface area contributed by atoms with Gasteiger partial charge in [-0.2, -0.15) is 0 Å². The van der Waals surface area contributed by atoms with Gasteiger partial charge in [-0.05, 0) is 25.0 Å². The largest absolute Gasteiger partial charge is 0.497 e. The first kappa shape index (κ1) is 12.0. The molecule has 2 N–H and O–H groups in total. The molecule has 3 unspecified atom stereocenters. The molecule has 1 aromatic carbocycles. The van der Waals surface area contributed by atoms with E-state index in [4.69, 9.17) is 19.9 Å². The van der Waals surface area contributed by atoms with E-state index in [9.17, 15) is 0 Å². The molecule has 1 heterocycles. The van der Waals surface area contributed by atoms with E-state index in [2.05, 4.69) is 0 Å². The Morgan fingerprint density at radius 3 is 2.72 bits per heavy atom. The fourth-order valence-electron chi connectivity index (χ4n) is 2.81. The Kier molecular flexibility index (Phi) is 3.24. The molecule has 1 aliphatic heterocycles. The van der Waals surface area contributed by atoms with Gasteiger partial charge in [0.15, 0.2) is 6.29 Å². The summed E-state index contributed by atoms with van der Waals surface area (Å²) in [5.41, 5.74) is 7.00. The molecule has 18 heavy (non-hydrogen) atoms. The summed E-state index contributed by atoms with van der Waals surface area (Å²) in [4.78, 5) is 0. The van der Waals surface area contributed by atoms with Crippen molar-refractivity contribution in [1.82, 2.24) is 0 Å². The molecule has 4 nitrogen and oxygen atoms in total. The molecular weight excluding hydrogens is 230 g/mol. The van der Waals surface area contributed by atoms with Crippen LogP contribution in [0.3, 0.4) is 0 Å². The molecule has 0 spiro atoms. The fourth-order valence-corrected chi connectivity index (χ4v) is 2.81.